The lowest BCUT2D eigenvalue weighted by Crippen LogP contribution is -2.53. The first-order valence-electron chi connectivity index (χ1n) is 9.76. The number of aromatic amines is 1. The SMILES string of the molecule is CC(C)CC(CNC(=O)NNC(=O)c1c[nH]c2ccccc12)N1CCOCC1. The van der Waals surface area contributed by atoms with Gasteiger partial charge in [0.25, 0.3) is 5.91 Å². The zero-order chi connectivity index (χ0) is 19.9. The Balaban J connectivity index is 1.49. The molecule has 1 unspecified atom stereocenters. The highest BCUT2D eigenvalue weighted by Crippen LogP contribution is 2.17. The number of benzene rings is 1. The standard InChI is InChI=1S/C20H29N5O3/c1-14(2)11-15(25-7-9-28-10-8-25)12-22-20(27)24-23-19(26)17-13-21-18-6-4-3-5-16(17)18/h3-6,13-15,21H,7-12H2,1-2H3,(H,23,26)(H2,22,24,27). The fourth-order valence-electron chi connectivity index (χ4n) is 3.54. The van der Waals surface area contributed by atoms with E-state index in [-0.39, 0.29) is 11.9 Å². The van der Waals surface area contributed by atoms with Crippen LogP contribution in [0.25, 0.3) is 10.9 Å². The van der Waals surface area contributed by atoms with E-state index in [1.165, 1.54) is 0 Å². The van der Waals surface area contributed by atoms with Crippen LogP contribution in [0.4, 0.5) is 4.79 Å². The third kappa shape index (κ3) is 5.24. The van der Waals surface area contributed by atoms with Gasteiger partial charge in [-0.05, 0) is 18.4 Å². The second kappa shape index (κ2) is 9.57. The molecule has 1 aliphatic rings. The molecular weight excluding hydrogens is 358 g/mol. The van der Waals surface area contributed by atoms with Crippen LogP contribution in [0.3, 0.4) is 0 Å². The van der Waals surface area contributed by atoms with Crippen LogP contribution < -0.4 is 16.2 Å². The minimum Gasteiger partial charge on any atom is -0.379 e. The highest BCUT2D eigenvalue weighted by Gasteiger charge is 2.22. The number of carbonyl (C=O) groups is 2. The summed E-state index contributed by atoms with van der Waals surface area (Å²) in [6, 6.07) is 7.35. The Hall–Kier alpha value is -2.58. The van der Waals surface area contributed by atoms with E-state index in [1.54, 1.807) is 6.20 Å². The summed E-state index contributed by atoms with van der Waals surface area (Å²) in [6.45, 7) is 8.07. The number of nitrogens with zero attached hydrogens (tertiary/aromatic N) is 1. The Bertz CT molecular complexity index is 798. The van der Waals surface area contributed by atoms with E-state index in [2.05, 4.69) is 39.9 Å². The highest BCUT2D eigenvalue weighted by atomic mass is 16.5. The Labute approximate surface area is 165 Å². The smallest absolute Gasteiger partial charge is 0.333 e. The molecule has 1 aromatic carbocycles. The maximum absolute atomic E-state index is 12.4. The number of ether oxygens (including phenoxy) is 1. The number of aromatic nitrogens is 1. The minimum atomic E-state index is -0.421. The van der Waals surface area contributed by atoms with Gasteiger partial charge >= 0.3 is 6.03 Å². The first-order valence-corrected chi connectivity index (χ1v) is 9.76. The predicted molar refractivity (Wildman–Crippen MR) is 108 cm³/mol. The second-order valence-corrected chi connectivity index (χ2v) is 7.47. The number of morpholine rings is 1. The number of hydrogen-bond donors (Lipinski definition) is 4. The Morgan fingerprint density at radius 2 is 1.93 bits per heavy atom. The molecule has 3 rings (SSSR count). The topological polar surface area (TPSA) is 98.5 Å². The van der Waals surface area contributed by atoms with Crippen LogP contribution in [0.1, 0.15) is 30.6 Å². The third-order valence-corrected chi connectivity index (χ3v) is 4.93. The van der Waals surface area contributed by atoms with E-state index in [0.29, 0.717) is 18.0 Å². The third-order valence-electron chi connectivity index (χ3n) is 4.93. The van der Waals surface area contributed by atoms with Crippen LogP contribution >= 0.6 is 0 Å². The van der Waals surface area contributed by atoms with Crippen LogP contribution in [-0.2, 0) is 4.74 Å². The fourth-order valence-corrected chi connectivity index (χ4v) is 3.54. The van der Waals surface area contributed by atoms with Gasteiger partial charge < -0.3 is 15.0 Å². The molecule has 1 aliphatic heterocycles. The molecule has 0 spiro atoms. The number of urea groups is 1. The van der Waals surface area contributed by atoms with E-state index < -0.39 is 6.03 Å². The van der Waals surface area contributed by atoms with E-state index in [0.717, 1.165) is 43.6 Å². The molecule has 28 heavy (non-hydrogen) atoms. The molecular formula is C20H29N5O3. The van der Waals surface area contributed by atoms with Crippen molar-refractivity contribution < 1.29 is 14.3 Å². The maximum atomic E-state index is 12.4. The van der Waals surface area contributed by atoms with Crippen molar-refractivity contribution >= 4 is 22.8 Å². The van der Waals surface area contributed by atoms with Crippen molar-refractivity contribution in [2.45, 2.75) is 26.3 Å². The van der Waals surface area contributed by atoms with Crippen LogP contribution in [0.5, 0.6) is 0 Å². The summed E-state index contributed by atoms with van der Waals surface area (Å²) in [5, 5.41) is 3.68. The number of fused-ring (bicyclic) bond motifs is 1. The lowest BCUT2D eigenvalue weighted by Gasteiger charge is -2.35. The van der Waals surface area contributed by atoms with Crippen molar-refractivity contribution in [3.63, 3.8) is 0 Å². The quantitative estimate of drug-likeness (QED) is 0.569. The Morgan fingerprint density at radius 3 is 2.68 bits per heavy atom. The summed E-state index contributed by atoms with van der Waals surface area (Å²) in [5.74, 6) is 0.166. The Morgan fingerprint density at radius 1 is 1.18 bits per heavy atom. The molecule has 1 saturated heterocycles. The zero-order valence-electron chi connectivity index (χ0n) is 16.5. The number of carbonyl (C=O) groups excluding carboxylic acids is 2. The van der Waals surface area contributed by atoms with Crippen molar-refractivity contribution in [1.29, 1.82) is 0 Å². The van der Waals surface area contributed by atoms with Gasteiger partial charge in [0.1, 0.15) is 0 Å². The fraction of sp³-hybridized carbons (Fsp3) is 0.500. The lowest BCUT2D eigenvalue weighted by molar-refractivity contribution is 0.0129. The zero-order valence-corrected chi connectivity index (χ0v) is 16.5. The van der Waals surface area contributed by atoms with Crippen molar-refractivity contribution in [2.24, 2.45) is 5.92 Å². The second-order valence-electron chi connectivity index (χ2n) is 7.47. The summed E-state index contributed by atoms with van der Waals surface area (Å²) >= 11 is 0. The van der Waals surface area contributed by atoms with E-state index in [4.69, 9.17) is 4.74 Å². The van der Waals surface area contributed by atoms with Crippen LogP contribution in [0.2, 0.25) is 0 Å². The van der Waals surface area contributed by atoms with Gasteiger partial charge in [-0.1, -0.05) is 32.0 Å². The number of hydrazine groups is 1. The number of rotatable bonds is 6. The predicted octanol–water partition coefficient (Wildman–Crippen LogP) is 1.86. The molecule has 1 atom stereocenters. The molecule has 0 bridgehead atoms. The molecule has 4 N–H and O–H groups in total. The molecule has 0 aliphatic carbocycles. The molecule has 3 amide bonds. The number of nitrogens with one attached hydrogen (secondary N) is 4. The van der Waals surface area contributed by atoms with Gasteiger partial charge in [-0.2, -0.15) is 0 Å². The van der Waals surface area contributed by atoms with Gasteiger partial charge in [0.05, 0.1) is 18.8 Å². The average molecular weight is 387 g/mol. The van der Waals surface area contributed by atoms with Crippen LogP contribution in [-0.4, -0.2) is 60.7 Å². The van der Waals surface area contributed by atoms with E-state index >= 15 is 0 Å². The number of amides is 3. The largest absolute Gasteiger partial charge is 0.379 e. The van der Waals surface area contributed by atoms with Crippen molar-refractivity contribution in [1.82, 2.24) is 26.1 Å². The molecule has 8 heteroatoms. The minimum absolute atomic E-state index is 0.249. The molecule has 0 radical (unpaired) electrons. The highest BCUT2D eigenvalue weighted by molar-refractivity contribution is 6.06. The molecule has 1 aromatic heterocycles. The molecule has 8 nitrogen and oxygen atoms in total. The first kappa shape index (κ1) is 20.2. The normalized spacial score (nSPS) is 16.1. The summed E-state index contributed by atoms with van der Waals surface area (Å²) < 4.78 is 5.42. The summed E-state index contributed by atoms with van der Waals surface area (Å²) in [4.78, 5) is 29.9. The van der Waals surface area contributed by atoms with E-state index in [1.807, 2.05) is 24.3 Å². The van der Waals surface area contributed by atoms with Gasteiger partial charge in [0.15, 0.2) is 0 Å². The van der Waals surface area contributed by atoms with E-state index in [9.17, 15) is 9.59 Å². The molecule has 1 fully saturated rings. The average Bonchev–Trinajstić information content (AvgIpc) is 3.14. The Kier molecular flexibility index (Phi) is 6.89. The summed E-state index contributed by atoms with van der Waals surface area (Å²) in [6.07, 6.45) is 2.62. The number of hydrogen-bond acceptors (Lipinski definition) is 4. The van der Waals surface area contributed by atoms with Crippen molar-refractivity contribution in [2.75, 3.05) is 32.8 Å². The molecule has 0 saturated carbocycles. The summed E-state index contributed by atoms with van der Waals surface area (Å²) in [5.41, 5.74) is 6.27. The summed E-state index contributed by atoms with van der Waals surface area (Å²) in [7, 11) is 0. The number of H-pyrrole nitrogens is 1. The molecule has 2 heterocycles. The van der Waals surface area contributed by atoms with Crippen molar-refractivity contribution in [3.05, 3.63) is 36.0 Å². The van der Waals surface area contributed by atoms with Gasteiger partial charge in [0, 0.05) is 42.8 Å². The first-order chi connectivity index (χ1) is 13.5. The molecule has 152 valence electrons. The number of para-hydroxylation sites is 1. The van der Waals surface area contributed by atoms with Gasteiger partial charge in [-0.15, -0.1) is 0 Å². The van der Waals surface area contributed by atoms with Gasteiger partial charge in [0.2, 0.25) is 0 Å². The lowest BCUT2D eigenvalue weighted by atomic mass is 10.0. The van der Waals surface area contributed by atoms with Crippen LogP contribution in [0, 0.1) is 5.92 Å². The maximum Gasteiger partial charge on any atom is 0.333 e. The van der Waals surface area contributed by atoms with Crippen molar-refractivity contribution in [3.8, 4) is 0 Å². The van der Waals surface area contributed by atoms with Gasteiger partial charge in [-0.3, -0.25) is 15.1 Å². The van der Waals surface area contributed by atoms with Gasteiger partial charge in [-0.25, -0.2) is 10.2 Å². The molecule has 2 aromatic rings. The monoisotopic (exact) mass is 387 g/mol. The van der Waals surface area contributed by atoms with Crippen LogP contribution in [0.15, 0.2) is 30.5 Å².